The molecule has 0 unspecified atom stereocenters. The lowest BCUT2D eigenvalue weighted by molar-refractivity contribution is -0.190. The molecule has 136 valence electrons. The van der Waals surface area contributed by atoms with Gasteiger partial charge in [-0.1, -0.05) is 24.3 Å². The summed E-state index contributed by atoms with van der Waals surface area (Å²) in [7, 11) is 0. The molecule has 9 heteroatoms. The average Bonchev–Trinajstić information content (AvgIpc) is 3.18. The van der Waals surface area contributed by atoms with Gasteiger partial charge in [0.25, 0.3) is 0 Å². The minimum atomic E-state index is -4.73. The first-order chi connectivity index (χ1) is 11.6. The van der Waals surface area contributed by atoms with Crippen LogP contribution in [-0.4, -0.2) is 15.7 Å². The fourth-order valence-corrected chi connectivity index (χ4v) is 2.70. The molecular weight excluding hydrogens is 348 g/mol. The molecule has 3 nitrogen and oxygen atoms in total. The lowest BCUT2D eigenvalue weighted by Gasteiger charge is -2.20. The van der Waals surface area contributed by atoms with Gasteiger partial charge in [-0.25, -0.2) is 4.98 Å². The van der Waals surface area contributed by atoms with Gasteiger partial charge in [-0.2, -0.15) is 26.3 Å². The molecule has 0 bridgehead atoms. The molecule has 0 atom stereocenters. The van der Waals surface area contributed by atoms with Crippen molar-refractivity contribution in [1.82, 2.24) is 9.55 Å². The van der Waals surface area contributed by atoms with Gasteiger partial charge in [0.05, 0.1) is 5.41 Å². The average molecular weight is 363 g/mol. The Labute approximate surface area is 139 Å². The fraction of sp³-hybridized carbons (Fsp3) is 0.438. The summed E-state index contributed by atoms with van der Waals surface area (Å²) in [6.45, 7) is -0.326. The Kier molecular flexibility index (Phi) is 4.09. The molecule has 2 aromatic rings. The van der Waals surface area contributed by atoms with Crippen molar-refractivity contribution in [1.29, 1.82) is 0 Å². The highest BCUT2D eigenvalue weighted by atomic mass is 19.4. The van der Waals surface area contributed by atoms with Gasteiger partial charge >= 0.3 is 12.4 Å². The molecule has 1 heterocycles. The number of hydrogen-bond acceptors (Lipinski definition) is 2. The fourth-order valence-electron chi connectivity index (χ4n) is 2.70. The maximum absolute atomic E-state index is 13.2. The molecule has 0 radical (unpaired) electrons. The molecule has 0 aliphatic heterocycles. The van der Waals surface area contributed by atoms with Crippen LogP contribution in [0.15, 0.2) is 30.5 Å². The van der Waals surface area contributed by atoms with Crippen molar-refractivity contribution in [3.8, 4) is 11.4 Å². The van der Waals surface area contributed by atoms with Crippen LogP contribution in [0.5, 0.6) is 0 Å². The smallest absolute Gasteiger partial charge is 0.329 e. The molecule has 0 amide bonds. The van der Waals surface area contributed by atoms with E-state index in [1.165, 1.54) is 12.1 Å². The van der Waals surface area contributed by atoms with E-state index < -0.39 is 30.0 Å². The van der Waals surface area contributed by atoms with Crippen LogP contribution in [0.1, 0.15) is 24.1 Å². The van der Waals surface area contributed by atoms with Crippen molar-refractivity contribution in [3.63, 3.8) is 0 Å². The first kappa shape index (κ1) is 17.8. The summed E-state index contributed by atoms with van der Waals surface area (Å²) in [5.74, 6) is -0.133. The van der Waals surface area contributed by atoms with Gasteiger partial charge in [-0.15, -0.1) is 0 Å². The van der Waals surface area contributed by atoms with E-state index in [0.717, 1.165) is 10.1 Å². The van der Waals surface area contributed by atoms with Gasteiger partial charge in [0.15, 0.2) is 5.69 Å². The van der Waals surface area contributed by atoms with Crippen molar-refractivity contribution in [2.75, 3.05) is 0 Å². The zero-order valence-electron chi connectivity index (χ0n) is 13.0. The largest absolute Gasteiger partial charge is 0.434 e. The van der Waals surface area contributed by atoms with Crippen LogP contribution >= 0.6 is 0 Å². The maximum atomic E-state index is 13.2. The molecule has 1 aromatic heterocycles. The Morgan fingerprint density at radius 2 is 1.64 bits per heavy atom. The molecule has 1 aliphatic carbocycles. The number of imidazole rings is 1. The predicted molar refractivity (Wildman–Crippen MR) is 78.3 cm³/mol. The summed E-state index contributed by atoms with van der Waals surface area (Å²) in [6.07, 6.45) is -8.73. The van der Waals surface area contributed by atoms with Gasteiger partial charge in [0, 0.05) is 24.8 Å². The van der Waals surface area contributed by atoms with Crippen LogP contribution in [-0.2, 0) is 19.3 Å². The summed E-state index contributed by atoms with van der Waals surface area (Å²) >= 11 is 0. The van der Waals surface area contributed by atoms with E-state index in [9.17, 15) is 26.3 Å². The second-order valence-corrected chi connectivity index (χ2v) is 6.25. The third kappa shape index (κ3) is 3.37. The molecule has 0 spiro atoms. The summed E-state index contributed by atoms with van der Waals surface area (Å²) < 4.78 is 79.5. The number of halogens is 6. The molecule has 3 rings (SSSR count). The van der Waals surface area contributed by atoms with Crippen LogP contribution in [0.2, 0.25) is 0 Å². The Balaban J connectivity index is 2.02. The summed E-state index contributed by atoms with van der Waals surface area (Å²) in [4.78, 5) is 3.54. The number of hydrogen-bond donors (Lipinski definition) is 1. The highest BCUT2D eigenvalue weighted by Gasteiger charge is 2.63. The number of alkyl halides is 6. The van der Waals surface area contributed by atoms with E-state index in [0.29, 0.717) is 11.8 Å². The Morgan fingerprint density at radius 1 is 1.04 bits per heavy atom. The second kappa shape index (κ2) is 5.76. The van der Waals surface area contributed by atoms with Crippen molar-refractivity contribution in [3.05, 3.63) is 41.7 Å². The predicted octanol–water partition coefficient (Wildman–Crippen LogP) is 4.37. The SMILES string of the molecule is NCc1ccc(-c2nc(C(F)(F)F)cn2CC2(C(F)(F)F)CC2)cc1. The number of aromatic nitrogens is 2. The van der Waals surface area contributed by atoms with Crippen LogP contribution in [0.4, 0.5) is 26.3 Å². The van der Waals surface area contributed by atoms with Crippen LogP contribution < -0.4 is 5.73 Å². The van der Waals surface area contributed by atoms with Crippen LogP contribution in [0.3, 0.4) is 0 Å². The molecule has 1 aromatic carbocycles. The molecular formula is C16H15F6N3. The number of nitrogens with two attached hydrogens (primary N) is 1. The monoisotopic (exact) mass is 363 g/mol. The quantitative estimate of drug-likeness (QED) is 0.820. The minimum Gasteiger partial charge on any atom is -0.329 e. The topological polar surface area (TPSA) is 43.8 Å². The first-order valence-electron chi connectivity index (χ1n) is 7.56. The lowest BCUT2D eigenvalue weighted by Crippen LogP contribution is -2.29. The van der Waals surface area contributed by atoms with Gasteiger partial charge in [0.1, 0.15) is 5.82 Å². The molecule has 1 aliphatic rings. The molecule has 1 fully saturated rings. The van der Waals surface area contributed by atoms with E-state index >= 15 is 0 Å². The Bertz CT molecular complexity index is 754. The third-order valence-electron chi connectivity index (χ3n) is 4.44. The van der Waals surface area contributed by atoms with E-state index in [2.05, 4.69) is 4.98 Å². The van der Waals surface area contributed by atoms with E-state index in [1.807, 2.05) is 0 Å². The first-order valence-corrected chi connectivity index (χ1v) is 7.56. The van der Waals surface area contributed by atoms with Gasteiger partial charge in [0.2, 0.25) is 0 Å². The maximum Gasteiger partial charge on any atom is 0.434 e. The molecule has 2 N–H and O–H groups in total. The van der Waals surface area contributed by atoms with Crippen LogP contribution in [0, 0.1) is 5.41 Å². The summed E-state index contributed by atoms with van der Waals surface area (Å²) in [5.41, 5.74) is 3.37. The number of nitrogens with zero attached hydrogens (tertiary/aromatic N) is 2. The zero-order valence-corrected chi connectivity index (χ0v) is 13.0. The molecule has 1 saturated carbocycles. The van der Waals surface area contributed by atoms with E-state index in [4.69, 9.17) is 5.73 Å². The summed E-state index contributed by atoms with van der Waals surface area (Å²) in [6, 6.07) is 6.24. The molecule has 0 saturated heterocycles. The van der Waals surface area contributed by atoms with Crippen molar-refractivity contribution in [2.45, 2.75) is 38.3 Å². The highest BCUT2D eigenvalue weighted by molar-refractivity contribution is 5.57. The van der Waals surface area contributed by atoms with Crippen molar-refractivity contribution in [2.24, 2.45) is 11.1 Å². The minimum absolute atomic E-state index is 0.0957. The Morgan fingerprint density at radius 3 is 2.08 bits per heavy atom. The summed E-state index contributed by atoms with van der Waals surface area (Å²) in [5, 5.41) is 0. The van der Waals surface area contributed by atoms with Crippen molar-refractivity contribution < 1.29 is 26.3 Å². The van der Waals surface area contributed by atoms with E-state index in [1.54, 1.807) is 12.1 Å². The van der Waals surface area contributed by atoms with Gasteiger partial charge in [-0.3, -0.25) is 0 Å². The third-order valence-corrected chi connectivity index (χ3v) is 4.44. The standard InChI is InChI=1S/C16H15F6N3/c17-15(18,19)12-8-25(9-14(5-6-14)16(20,21)22)13(24-12)11-3-1-10(7-23)2-4-11/h1-4,8H,5-7,9,23H2. The zero-order chi connectivity index (χ0) is 18.5. The van der Waals surface area contributed by atoms with Gasteiger partial charge in [-0.05, 0) is 18.4 Å². The van der Waals surface area contributed by atoms with Gasteiger partial charge < -0.3 is 10.3 Å². The Hall–Kier alpha value is -2.03. The van der Waals surface area contributed by atoms with E-state index in [-0.39, 0.29) is 25.2 Å². The number of benzene rings is 1. The highest BCUT2D eigenvalue weighted by Crippen LogP contribution is 2.59. The second-order valence-electron chi connectivity index (χ2n) is 6.25. The number of rotatable bonds is 4. The van der Waals surface area contributed by atoms with Crippen molar-refractivity contribution >= 4 is 0 Å². The van der Waals surface area contributed by atoms with Crippen LogP contribution in [0.25, 0.3) is 11.4 Å². The lowest BCUT2D eigenvalue weighted by atomic mass is 10.1. The normalized spacial score (nSPS) is 16.9. The molecule has 25 heavy (non-hydrogen) atoms.